The number of H-pyrrole nitrogens is 1. The molecule has 1 N–H and O–H groups in total. The van der Waals surface area contributed by atoms with Crippen LogP contribution in [0.3, 0.4) is 0 Å². The summed E-state index contributed by atoms with van der Waals surface area (Å²) in [6, 6.07) is 23.5. The monoisotopic (exact) mass is 603 g/mol. The van der Waals surface area contributed by atoms with Crippen molar-refractivity contribution in [1.82, 2.24) is 9.97 Å². The number of allylic oxidation sites excluding steroid dienone is 4. The van der Waals surface area contributed by atoms with Crippen molar-refractivity contribution in [2.24, 2.45) is 0 Å². The van der Waals surface area contributed by atoms with Gasteiger partial charge in [0.25, 0.3) is 0 Å². The van der Waals surface area contributed by atoms with E-state index in [1.807, 2.05) is 30.6 Å². The molecule has 0 unspecified atom stereocenters. The maximum absolute atomic E-state index is 14.0. The number of benzene rings is 4. The average molecular weight is 604 g/mol. The molecule has 9 rings (SSSR count). The first-order chi connectivity index (χ1) is 22.5. The van der Waals surface area contributed by atoms with Crippen molar-refractivity contribution in [2.45, 2.75) is 70.3 Å². The molecule has 0 spiro atoms. The van der Waals surface area contributed by atoms with Crippen molar-refractivity contribution in [1.29, 1.82) is 0 Å². The van der Waals surface area contributed by atoms with Gasteiger partial charge in [0.2, 0.25) is 5.78 Å². The van der Waals surface area contributed by atoms with E-state index in [0.29, 0.717) is 23.1 Å². The molecule has 3 aliphatic rings. The van der Waals surface area contributed by atoms with Gasteiger partial charge in [-0.2, -0.15) is 0 Å². The highest BCUT2D eigenvalue weighted by atomic mass is 16.5. The molecule has 1 aliphatic carbocycles. The Morgan fingerprint density at radius 3 is 2.50 bits per heavy atom. The van der Waals surface area contributed by atoms with E-state index in [1.54, 1.807) is 0 Å². The lowest BCUT2D eigenvalue weighted by molar-refractivity contribution is 0.101. The van der Waals surface area contributed by atoms with Crippen molar-refractivity contribution in [3.05, 3.63) is 114 Å². The summed E-state index contributed by atoms with van der Waals surface area (Å²) in [5.74, 6) is 0.967. The zero-order valence-electron chi connectivity index (χ0n) is 26.4. The molecule has 0 atom stereocenters. The van der Waals surface area contributed by atoms with Crippen molar-refractivity contribution < 1.29 is 9.53 Å². The number of ketones is 1. The Labute approximate surface area is 268 Å². The number of nitrogens with zero attached hydrogens (tertiary/aromatic N) is 2. The summed E-state index contributed by atoms with van der Waals surface area (Å²) in [6.45, 7) is 4.64. The van der Waals surface area contributed by atoms with E-state index >= 15 is 0 Å². The molecule has 4 aromatic carbocycles. The number of hydrogen-bond donors (Lipinski definition) is 1. The largest absolute Gasteiger partial charge is 0.452 e. The molecule has 4 heterocycles. The fourth-order valence-electron chi connectivity index (χ4n) is 8.43. The highest BCUT2D eigenvalue weighted by Crippen LogP contribution is 2.54. The Morgan fingerprint density at radius 2 is 1.63 bits per heavy atom. The van der Waals surface area contributed by atoms with Gasteiger partial charge in [0.1, 0.15) is 5.75 Å². The van der Waals surface area contributed by atoms with Gasteiger partial charge < -0.3 is 14.6 Å². The van der Waals surface area contributed by atoms with E-state index in [2.05, 4.69) is 89.4 Å². The first-order valence-corrected chi connectivity index (χ1v) is 16.8. The second-order valence-electron chi connectivity index (χ2n) is 13.8. The van der Waals surface area contributed by atoms with Gasteiger partial charge in [0.15, 0.2) is 5.76 Å². The van der Waals surface area contributed by atoms with Gasteiger partial charge in [0, 0.05) is 51.4 Å². The standard InChI is InChI=1S/C41H37N3O2/c1-41(2)31-17-18-33-37(30-24-42-23-22-32(30)43-33)39(31)44(26-11-6-4-3-5-7-12-26)36(41)21-20-35-40(45)38-29-15-14-25-10-8-9-13-27(25)28(29)16-19-34(38)46-35/h8-10,13-24,26,43H,3-7,11-12H2,1-2H3/b35-20+,36-21-. The number of pyridine rings is 1. The summed E-state index contributed by atoms with van der Waals surface area (Å²) >= 11 is 0. The third kappa shape index (κ3) is 4.00. The summed E-state index contributed by atoms with van der Waals surface area (Å²) < 4.78 is 6.31. The Balaban J connectivity index is 1.20. The van der Waals surface area contributed by atoms with E-state index in [9.17, 15) is 4.79 Å². The van der Waals surface area contributed by atoms with E-state index < -0.39 is 0 Å². The molecule has 5 nitrogen and oxygen atoms in total. The van der Waals surface area contributed by atoms with Crippen molar-refractivity contribution in [2.75, 3.05) is 4.90 Å². The lowest BCUT2D eigenvalue weighted by atomic mass is 9.83. The summed E-state index contributed by atoms with van der Waals surface area (Å²) in [5.41, 5.74) is 6.46. The van der Waals surface area contributed by atoms with Gasteiger partial charge >= 0.3 is 0 Å². The number of nitrogens with one attached hydrogen (secondary N) is 1. The number of ether oxygens (including phenoxy) is 1. The molecule has 0 radical (unpaired) electrons. The highest BCUT2D eigenvalue weighted by Gasteiger charge is 2.44. The quantitative estimate of drug-likeness (QED) is 0.158. The first-order valence-electron chi connectivity index (χ1n) is 16.8. The zero-order chi connectivity index (χ0) is 31.0. The van der Waals surface area contributed by atoms with E-state index in [4.69, 9.17) is 4.74 Å². The summed E-state index contributed by atoms with van der Waals surface area (Å²) in [5, 5.41) is 6.73. The maximum Gasteiger partial charge on any atom is 0.232 e. The number of carbonyl (C=O) groups excluding carboxylic acids is 1. The Bertz CT molecular complexity index is 2280. The number of anilines is 1. The Morgan fingerprint density at radius 1 is 0.826 bits per heavy atom. The predicted octanol–water partition coefficient (Wildman–Crippen LogP) is 10.3. The number of hydrogen-bond acceptors (Lipinski definition) is 4. The van der Waals surface area contributed by atoms with Crippen LogP contribution in [0.2, 0.25) is 0 Å². The van der Waals surface area contributed by atoms with Gasteiger partial charge in [0.05, 0.1) is 11.3 Å². The zero-order valence-corrected chi connectivity index (χ0v) is 26.4. The number of Topliss-reactive ketones (excluding diaryl/α,β-unsaturated/α-hetero) is 1. The number of rotatable bonds is 2. The SMILES string of the molecule is CC1(C)/C(=C/C=C2/Oc3ccc4c(ccc5ccccc54)c3C2=O)N(C2CCCCCCC2)c2c1ccc1[nH]c3ccncc3c21. The molecule has 2 aliphatic heterocycles. The number of fused-ring (bicyclic) bond motifs is 10. The summed E-state index contributed by atoms with van der Waals surface area (Å²) in [6.07, 6.45) is 16.6. The average Bonchev–Trinajstić information content (AvgIpc) is 3.66. The minimum Gasteiger partial charge on any atom is -0.452 e. The summed E-state index contributed by atoms with van der Waals surface area (Å²) in [7, 11) is 0. The minimum absolute atomic E-state index is 0.0522. The van der Waals surface area contributed by atoms with Crippen LogP contribution in [0.25, 0.3) is 43.4 Å². The molecular weight excluding hydrogens is 566 g/mol. The number of aromatic amines is 1. The molecular formula is C41H37N3O2. The van der Waals surface area contributed by atoms with Crippen LogP contribution in [0, 0.1) is 0 Å². The van der Waals surface area contributed by atoms with E-state index in [0.717, 1.165) is 45.4 Å². The first kappa shape index (κ1) is 27.4. The predicted molar refractivity (Wildman–Crippen MR) is 188 cm³/mol. The molecule has 2 aromatic heterocycles. The molecule has 228 valence electrons. The van der Waals surface area contributed by atoms with E-state index in [1.165, 1.54) is 59.8 Å². The molecule has 0 saturated heterocycles. The summed E-state index contributed by atoms with van der Waals surface area (Å²) in [4.78, 5) is 24.8. The van der Waals surface area contributed by atoms with Crippen LogP contribution in [-0.2, 0) is 5.41 Å². The second kappa shape index (κ2) is 10.3. The maximum atomic E-state index is 14.0. The van der Waals surface area contributed by atoms with Crippen molar-refractivity contribution in [3.63, 3.8) is 0 Å². The normalized spacial score (nSPS) is 20.1. The topological polar surface area (TPSA) is 58.2 Å². The number of carbonyl (C=O) groups is 1. The lowest BCUT2D eigenvalue weighted by Crippen LogP contribution is -2.36. The Hall–Kier alpha value is -4.90. The van der Waals surface area contributed by atoms with Gasteiger partial charge in [-0.25, -0.2) is 0 Å². The van der Waals surface area contributed by atoms with Crippen LogP contribution in [0.1, 0.15) is 74.7 Å². The molecule has 1 saturated carbocycles. The van der Waals surface area contributed by atoms with Gasteiger partial charge in [-0.05, 0) is 70.3 Å². The fourth-order valence-corrected chi connectivity index (χ4v) is 8.43. The molecule has 46 heavy (non-hydrogen) atoms. The van der Waals surface area contributed by atoms with E-state index in [-0.39, 0.29) is 11.2 Å². The molecule has 6 aromatic rings. The van der Waals surface area contributed by atoms with Crippen LogP contribution in [-0.4, -0.2) is 21.8 Å². The van der Waals surface area contributed by atoms with Crippen LogP contribution in [0.4, 0.5) is 5.69 Å². The lowest BCUT2D eigenvalue weighted by Gasteiger charge is -2.35. The minimum atomic E-state index is -0.269. The smallest absolute Gasteiger partial charge is 0.232 e. The van der Waals surface area contributed by atoms with Crippen LogP contribution >= 0.6 is 0 Å². The number of aromatic nitrogens is 2. The van der Waals surface area contributed by atoms with Crippen LogP contribution in [0.15, 0.2) is 103 Å². The second-order valence-corrected chi connectivity index (χ2v) is 13.8. The van der Waals surface area contributed by atoms with Gasteiger partial charge in [-0.1, -0.05) is 94.5 Å². The highest BCUT2D eigenvalue weighted by molar-refractivity contribution is 6.23. The van der Waals surface area contributed by atoms with Gasteiger partial charge in [-0.15, -0.1) is 0 Å². The van der Waals surface area contributed by atoms with Crippen LogP contribution < -0.4 is 9.64 Å². The van der Waals surface area contributed by atoms with Crippen LogP contribution in [0.5, 0.6) is 5.75 Å². The molecule has 0 bridgehead atoms. The molecule has 5 heteroatoms. The third-order valence-corrected chi connectivity index (χ3v) is 10.7. The van der Waals surface area contributed by atoms with Gasteiger partial charge in [-0.3, -0.25) is 9.78 Å². The molecule has 0 amide bonds. The van der Waals surface area contributed by atoms with Crippen molar-refractivity contribution in [3.8, 4) is 5.75 Å². The third-order valence-electron chi connectivity index (χ3n) is 10.7. The Kier molecular flexibility index (Phi) is 6.15. The van der Waals surface area contributed by atoms with Crippen molar-refractivity contribution >= 4 is 54.8 Å². The molecule has 1 fully saturated rings. The fraction of sp³-hybridized carbons (Fsp3) is 0.268.